The molecule has 5 nitrogen and oxygen atoms in total. The van der Waals surface area contributed by atoms with Gasteiger partial charge in [0.05, 0.1) is 18.4 Å². The van der Waals surface area contributed by atoms with Crippen molar-refractivity contribution in [2.75, 3.05) is 12.4 Å². The van der Waals surface area contributed by atoms with Crippen LogP contribution in [0, 0.1) is 0 Å². The number of pyridine rings is 1. The van der Waals surface area contributed by atoms with Crippen LogP contribution < -0.4 is 10.1 Å². The highest BCUT2D eigenvalue weighted by molar-refractivity contribution is 9.10. The van der Waals surface area contributed by atoms with E-state index in [1.165, 1.54) is 0 Å². The Morgan fingerprint density at radius 3 is 2.90 bits per heavy atom. The summed E-state index contributed by atoms with van der Waals surface area (Å²) >= 11 is 3.33. The van der Waals surface area contributed by atoms with Crippen molar-refractivity contribution >= 4 is 27.6 Å². The Balaban J connectivity index is 2.17. The fourth-order valence-corrected chi connectivity index (χ4v) is 2.08. The van der Waals surface area contributed by atoms with Gasteiger partial charge in [0.25, 0.3) is 0 Å². The fourth-order valence-electron chi connectivity index (χ4n) is 1.72. The second kappa shape index (κ2) is 6.38. The Bertz CT molecular complexity index is 632. The molecule has 0 aliphatic carbocycles. The number of aromatic nitrogens is 1. The first-order chi connectivity index (χ1) is 9.60. The molecular formula is C14H13BrN2O3. The van der Waals surface area contributed by atoms with E-state index in [0.29, 0.717) is 18.1 Å². The summed E-state index contributed by atoms with van der Waals surface area (Å²) in [5, 5.41) is 12.3. The molecule has 1 aromatic heterocycles. The molecule has 0 unspecified atom stereocenters. The first kappa shape index (κ1) is 14.3. The van der Waals surface area contributed by atoms with Crippen LogP contribution in [0.25, 0.3) is 0 Å². The van der Waals surface area contributed by atoms with Gasteiger partial charge >= 0.3 is 5.97 Å². The molecule has 2 rings (SSSR count). The summed E-state index contributed by atoms with van der Waals surface area (Å²) in [5.41, 5.74) is 1.74. The molecule has 0 saturated heterocycles. The van der Waals surface area contributed by atoms with Gasteiger partial charge in [0.15, 0.2) is 0 Å². The number of halogens is 1. The van der Waals surface area contributed by atoms with Crippen LogP contribution in [0.15, 0.2) is 41.0 Å². The van der Waals surface area contributed by atoms with Crippen molar-refractivity contribution < 1.29 is 14.6 Å². The molecule has 2 N–H and O–H groups in total. The number of aromatic carboxylic acids is 1. The first-order valence-electron chi connectivity index (χ1n) is 5.86. The number of carboxylic acids is 1. The Labute approximate surface area is 124 Å². The van der Waals surface area contributed by atoms with E-state index in [1.54, 1.807) is 37.6 Å². The molecule has 0 atom stereocenters. The number of hydrogen-bond donors (Lipinski definition) is 2. The normalized spacial score (nSPS) is 10.1. The molecular weight excluding hydrogens is 324 g/mol. The summed E-state index contributed by atoms with van der Waals surface area (Å²) in [6.45, 7) is 0.482. The quantitative estimate of drug-likeness (QED) is 0.877. The van der Waals surface area contributed by atoms with Crippen molar-refractivity contribution in [1.82, 2.24) is 4.98 Å². The van der Waals surface area contributed by atoms with E-state index in [4.69, 9.17) is 9.84 Å². The van der Waals surface area contributed by atoms with Gasteiger partial charge < -0.3 is 15.2 Å². The standard InChI is InChI=1S/C14H13BrN2O3/c1-20-13-6-9(4-5-16-13)8-17-12-7-10(15)2-3-11(12)14(18)19/h2-7,17H,8H2,1H3,(H,18,19). The van der Waals surface area contributed by atoms with Gasteiger partial charge in [-0.2, -0.15) is 0 Å². The summed E-state index contributed by atoms with van der Waals surface area (Å²) in [7, 11) is 1.55. The number of benzene rings is 1. The van der Waals surface area contributed by atoms with Crippen LogP contribution in [0.3, 0.4) is 0 Å². The lowest BCUT2D eigenvalue weighted by Gasteiger charge is -2.10. The minimum atomic E-state index is -0.965. The lowest BCUT2D eigenvalue weighted by molar-refractivity contribution is 0.0698. The van der Waals surface area contributed by atoms with Crippen LogP contribution in [-0.4, -0.2) is 23.2 Å². The largest absolute Gasteiger partial charge is 0.481 e. The molecule has 0 spiro atoms. The Kier molecular flexibility index (Phi) is 4.57. The van der Waals surface area contributed by atoms with E-state index in [9.17, 15) is 4.79 Å². The zero-order chi connectivity index (χ0) is 14.5. The Hall–Kier alpha value is -2.08. The van der Waals surface area contributed by atoms with Gasteiger partial charge in [0.2, 0.25) is 5.88 Å². The molecule has 104 valence electrons. The van der Waals surface area contributed by atoms with E-state index in [-0.39, 0.29) is 5.56 Å². The van der Waals surface area contributed by atoms with Gasteiger partial charge in [-0.15, -0.1) is 0 Å². The predicted molar refractivity (Wildman–Crippen MR) is 79.2 cm³/mol. The third-order valence-corrected chi connectivity index (χ3v) is 3.20. The highest BCUT2D eigenvalue weighted by Gasteiger charge is 2.10. The molecule has 0 aliphatic heterocycles. The lowest BCUT2D eigenvalue weighted by Crippen LogP contribution is -2.06. The number of nitrogens with zero attached hydrogens (tertiary/aromatic N) is 1. The smallest absolute Gasteiger partial charge is 0.337 e. The van der Waals surface area contributed by atoms with E-state index in [0.717, 1.165) is 10.0 Å². The molecule has 0 radical (unpaired) electrons. The molecule has 1 heterocycles. The number of rotatable bonds is 5. The number of methoxy groups -OCH3 is 1. The second-order valence-electron chi connectivity index (χ2n) is 4.06. The zero-order valence-electron chi connectivity index (χ0n) is 10.8. The first-order valence-corrected chi connectivity index (χ1v) is 6.65. The maximum Gasteiger partial charge on any atom is 0.337 e. The summed E-state index contributed by atoms with van der Waals surface area (Å²) in [5.74, 6) is -0.440. The van der Waals surface area contributed by atoms with Crippen LogP contribution in [0.1, 0.15) is 15.9 Å². The van der Waals surface area contributed by atoms with Crippen molar-refractivity contribution in [3.05, 3.63) is 52.1 Å². The summed E-state index contributed by atoms with van der Waals surface area (Å²) in [6.07, 6.45) is 1.65. The number of ether oxygens (including phenoxy) is 1. The number of anilines is 1. The Morgan fingerprint density at radius 1 is 1.40 bits per heavy atom. The molecule has 20 heavy (non-hydrogen) atoms. The summed E-state index contributed by atoms with van der Waals surface area (Å²) in [4.78, 5) is 15.2. The molecule has 2 aromatic rings. The monoisotopic (exact) mass is 336 g/mol. The van der Waals surface area contributed by atoms with Crippen LogP contribution in [0.4, 0.5) is 5.69 Å². The highest BCUT2D eigenvalue weighted by Crippen LogP contribution is 2.22. The number of hydrogen-bond acceptors (Lipinski definition) is 4. The molecule has 6 heteroatoms. The highest BCUT2D eigenvalue weighted by atomic mass is 79.9. The van der Waals surface area contributed by atoms with Crippen molar-refractivity contribution in [3.63, 3.8) is 0 Å². The van der Waals surface area contributed by atoms with Crippen LogP contribution in [0.5, 0.6) is 5.88 Å². The van der Waals surface area contributed by atoms with Gasteiger partial charge in [-0.05, 0) is 29.8 Å². The van der Waals surface area contributed by atoms with Crippen molar-refractivity contribution in [2.24, 2.45) is 0 Å². The zero-order valence-corrected chi connectivity index (χ0v) is 12.3. The maximum atomic E-state index is 11.2. The molecule has 0 saturated carbocycles. The van der Waals surface area contributed by atoms with Crippen LogP contribution >= 0.6 is 15.9 Å². The molecule has 0 aliphatic rings. The predicted octanol–water partition coefficient (Wildman–Crippen LogP) is 3.16. The second-order valence-corrected chi connectivity index (χ2v) is 4.97. The molecule has 1 aromatic carbocycles. The van der Waals surface area contributed by atoms with E-state index < -0.39 is 5.97 Å². The third kappa shape index (κ3) is 3.48. The Morgan fingerprint density at radius 2 is 2.20 bits per heavy atom. The van der Waals surface area contributed by atoms with Gasteiger partial charge in [0.1, 0.15) is 0 Å². The van der Waals surface area contributed by atoms with Gasteiger partial charge in [0, 0.05) is 23.3 Å². The minimum Gasteiger partial charge on any atom is -0.481 e. The number of carboxylic acid groups (broad SMARTS) is 1. The maximum absolute atomic E-state index is 11.2. The number of carbonyl (C=O) groups is 1. The van der Waals surface area contributed by atoms with E-state index in [2.05, 4.69) is 26.2 Å². The minimum absolute atomic E-state index is 0.231. The average Bonchev–Trinajstić information content (AvgIpc) is 2.45. The van der Waals surface area contributed by atoms with Crippen molar-refractivity contribution in [3.8, 4) is 5.88 Å². The van der Waals surface area contributed by atoms with E-state index in [1.807, 2.05) is 6.07 Å². The molecule has 0 bridgehead atoms. The number of nitrogens with one attached hydrogen (secondary N) is 1. The van der Waals surface area contributed by atoms with Crippen molar-refractivity contribution in [1.29, 1.82) is 0 Å². The average molecular weight is 337 g/mol. The van der Waals surface area contributed by atoms with E-state index >= 15 is 0 Å². The molecule has 0 fully saturated rings. The van der Waals surface area contributed by atoms with Gasteiger partial charge in [-0.25, -0.2) is 9.78 Å². The van der Waals surface area contributed by atoms with Gasteiger partial charge in [-0.3, -0.25) is 0 Å². The molecule has 0 amide bonds. The SMILES string of the molecule is COc1cc(CNc2cc(Br)ccc2C(=O)O)ccn1. The summed E-state index contributed by atoms with van der Waals surface area (Å²) < 4.78 is 5.86. The van der Waals surface area contributed by atoms with Gasteiger partial charge in [-0.1, -0.05) is 15.9 Å². The topological polar surface area (TPSA) is 71.5 Å². The summed E-state index contributed by atoms with van der Waals surface area (Å²) in [6, 6.07) is 8.63. The fraction of sp³-hybridized carbons (Fsp3) is 0.143. The third-order valence-electron chi connectivity index (χ3n) is 2.70. The van der Waals surface area contributed by atoms with Crippen LogP contribution in [0.2, 0.25) is 0 Å². The lowest BCUT2D eigenvalue weighted by atomic mass is 10.1. The van der Waals surface area contributed by atoms with Crippen LogP contribution in [-0.2, 0) is 6.54 Å². The van der Waals surface area contributed by atoms with Crippen molar-refractivity contribution in [2.45, 2.75) is 6.54 Å².